The number of rotatable bonds is 7. The van der Waals surface area contributed by atoms with E-state index in [1.807, 2.05) is 44.7 Å². The number of esters is 1. The molecule has 212 valence electrons. The number of fused-ring (bicyclic) bond motifs is 1. The number of allylic oxidation sites excluding steroid dienone is 2. The molecule has 1 N–H and O–H groups in total. The predicted molar refractivity (Wildman–Crippen MR) is 167 cm³/mol. The highest BCUT2D eigenvalue weighted by atomic mass is 19.1. The van der Waals surface area contributed by atoms with Gasteiger partial charge in [-0.15, -0.1) is 13.2 Å². The van der Waals surface area contributed by atoms with Gasteiger partial charge < -0.3 is 14.7 Å². The molecular formula is C35H42FNO3. The fourth-order valence-corrected chi connectivity index (χ4v) is 4.34. The Morgan fingerprint density at radius 2 is 1.75 bits per heavy atom. The van der Waals surface area contributed by atoms with Gasteiger partial charge in [-0.3, -0.25) is 0 Å². The van der Waals surface area contributed by atoms with E-state index in [9.17, 15) is 14.3 Å². The first-order chi connectivity index (χ1) is 19.2. The largest absolute Gasteiger partial charge is 0.459 e. The first kappa shape index (κ1) is 32.3. The number of nitrogens with zero attached hydrogens (tertiary/aromatic N) is 1. The molecule has 4 nitrogen and oxygen atoms in total. The molecule has 3 aromatic carbocycles. The van der Waals surface area contributed by atoms with Crippen molar-refractivity contribution in [2.45, 2.75) is 60.6 Å². The van der Waals surface area contributed by atoms with Gasteiger partial charge in [-0.25, -0.2) is 9.18 Å². The predicted octanol–water partition coefficient (Wildman–Crippen LogP) is 8.97. The average Bonchev–Trinajstić information content (AvgIpc) is 3.33. The number of aliphatic hydroxyl groups excluding tert-OH is 1. The molecule has 1 unspecified atom stereocenters. The van der Waals surface area contributed by atoms with Crippen molar-refractivity contribution in [1.82, 2.24) is 0 Å². The van der Waals surface area contributed by atoms with Crippen LogP contribution in [0.2, 0.25) is 0 Å². The van der Waals surface area contributed by atoms with E-state index in [0.717, 1.165) is 33.5 Å². The van der Waals surface area contributed by atoms with Gasteiger partial charge in [0.2, 0.25) is 0 Å². The summed E-state index contributed by atoms with van der Waals surface area (Å²) in [6.45, 7) is 22.5. The fraction of sp³-hybridized carbons (Fsp3) is 0.286. The lowest BCUT2D eigenvalue weighted by Gasteiger charge is -2.23. The molecular weight excluding hydrogens is 501 g/mol. The van der Waals surface area contributed by atoms with Crippen LogP contribution in [0.25, 0.3) is 22.4 Å². The third-order valence-electron chi connectivity index (χ3n) is 6.84. The quantitative estimate of drug-likeness (QED) is 0.239. The molecule has 0 saturated heterocycles. The summed E-state index contributed by atoms with van der Waals surface area (Å²) in [5.41, 5.74) is 8.57. The molecule has 5 heteroatoms. The van der Waals surface area contributed by atoms with E-state index in [4.69, 9.17) is 4.74 Å². The normalized spacial score (nSPS) is 12.9. The highest BCUT2D eigenvalue weighted by Crippen LogP contribution is 2.40. The van der Waals surface area contributed by atoms with Gasteiger partial charge in [0.15, 0.2) is 0 Å². The van der Waals surface area contributed by atoms with Crippen molar-refractivity contribution >= 4 is 22.9 Å². The zero-order valence-electron chi connectivity index (χ0n) is 24.7. The minimum Gasteiger partial charge on any atom is -0.459 e. The topological polar surface area (TPSA) is 49.8 Å². The van der Waals surface area contributed by atoms with Crippen molar-refractivity contribution in [3.05, 3.63) is 114 Å². The smallest absolute Gasteiger partial charge is 0.340 e. The monoisotopic (exact) mass is 543 g/mol. The second kappa shape index (κ2) is 15.0. The summed E-state index contributed by atoms with van der Waals surface area (Å²) in [5, 5.41) is 9.89. The van der Waals surface area contributed by atoms with Crippen molar-refractivity contribution in [3.63, 3.8) is 0 Å². The van der Waals surface area contributed by atoms with Gasteiger partial charge in [-0.05, 0) is 90.9 Å². The Hall–Kier alpha value is -3.96. The van der Waals surface area contributed by atoms with Crippen molar-refractivity contribution in [2.24, 2.45) is 0 Å². The fourth-order valence-electron chi connectivity index (χ4n) is 4.34. The van der Waals surface area contributed by atoms with Crippen LogP contribution in [0.4, 0.5) is 10.1 Å². The minimum absolute atomic E-state index is 0.0686. The van der Waals surface area contributed by atoms with Crippen molar-refractivity contribution in [2.75, 3.05) is 11.5 Å². The molecule has 0 aliphatic carbocycles. The molecule has 1 aliphatic heterocycles. The molecule has 3 aromatic rings. The maximum atomic E-state index is 13.9. The van der Waals surface area contributed by atoms with E-state index >= 15 is 0 Å². The summed E-state index contributed by atoms with van der Waals surface area (Å²) in [6.07, 6.45) is 1.86. The summed E-state index contributed by atoms with van der Waals surface area (Å²) in [4.78, 5) is 15.1. The molecule has 0 bridgehead atoms. The second-order valence-electron chi connectivity index (χ2n) is 9.23. The third kappa shape index (κ3) is 7.16. The van der Waals surface area contributed by atoms with E-state index in [0.29, 0.717) is 29.8 Å². The van der Waals surface area contributed by atoms with E-state index in [-0.39, 0.29) is 12.4 Å². The summed E-state index contributed by atoms with van der Waals surface area (Å²) >= 11 is 0. The number of halogens is 1. The number of carbonyl (C=O) groups excluding carboxylic acids is 1. The third-order valence-corrected chi connectivity index (χ3v) is 6.84. The molecule has 0 fully saturated rings. The maximum absolute atomic E-state index is 13.9. The molecule has 0 spiro atoms. The standard InChI is InChI=1S/C31H32FNO3.C2H6.C2H4/c1-6-19(3)22-8-9-25-17-33(21(5)28(25)15-22)30-16-24(23-11-13-29(32)20(4)14-23)10-12-27(30)31(35)36-18-26(34)7-2;2*1-2/h6,8-16,26,34H,5,7,17-18H2,1-4H3;1-2H3;1-2H2/b19-6+;;. The van der Waals surface area contributed by atoms with Crippen LogP contribution >= 0.6 is 0 Å². The van der Waals surface area contributed by atoms with Gasteiger partial charge >= 0.3 is 5.97 Å². The van der Waals surface area contributed by atoms with Crippen molar-refractivity contribution in [3.8, 4) is 11.1 Å². The Morgan fingerprint density at radius 3 is 2.38 bits per heavy atom. The van der Waals surface area contributed by atoms with Crippen LogP contribution in [-0.2, 0) is 11.3 Å². The number of ether oxygens (including phenoxy) is 1. The second-order valence-corrected chi connectivity index (χ2v) is 9.23. The lowest BCUT2D eigenvalue weighted by Crippen LogP contribution is -2.21. The minimum atomic E-state index is -0.710. The summed E-state index contributed by atoms with van der Waals surface area (Å²) in [6, 6.07) is 16.8. The van der Waals surface area contributed by atoms with Crippen molar-refractivity contribution < 1.29 is 19.0 Å². The summed E-state index contributed by atoms with van der Waals surface area (Å²) < 4.78 is 19.3. The molecule has 0 radical (unpaired) electrons. The van der Waals surface area contributed by atoms with Crippen LogP contribution in [-0.4, -0.2) is 23.8 Å². The molecule has 1 atom stereocenters. The van der Waals surface area contributed by atoms with Crippen molar-refractivity contribution in [1.29, 1.82) is 0 Å². The maximum Gasteiger partial charge on any atom is 0.340 e. The Bertz CT molecular complexity index is 1380. The van der Waals surface area contributed by atoms with Crippen LogP contribution in [0, 0.1) is 12.7 Å². The highest BCUT2D eigenvalue weighted by Gasteiger charge is 2.28. The SMILES string of the molecule is C=C.C=C1c2cc(/C(C)=C/C)ccc2CN1c1cc(-c2ccc(F)c(C)c2)ccc1C(=O)OCC(O)CC.CC. The number of hydrogen-bond acceptors (Lipinski definition) is 4. The first-order valence-corrected chi connectivity index (χ1v) is 13.7. The number of aliphatic hydroxyl groups is 1. The first-order valence-electron chi connectivity index (χ1n) is 13.7. The van der Waals surface area contributed by atoms with E-state index in [2.05, 4.69) is 50.9 Å². The van der Waals surface area contributed by atoms with Gasteiger partial charge in [0, 0.05) is 17.8 Å². The molecule has 0 amide bonds. The lowest BCUT2D eigenvalue weighted by atomic mass is 9.99. The molecule has 0 saturated carbocycles. The molecule has 0 aromatic heterocycles. The van der Waals surface area contributed by atoms with E-state index in [1.54, 1.807) is 25.1 Å². The van der Waals surface area contributed by atoms with Gasteiger partial charge in [0.05, 0.1) is 17.4 Å². The Morgan fingerprint density at radius 1 is 1.10 bits per heavy atom. The molecule has 1 aliphatic rings. The number of anilines is 1. The van der Waals surface area contributed by atoms with Gasteiger partial charge in [0.25, 0.3) is 0 Å². The summed E-state index contributed by atoms with van der Waals surface area (Å²) in [7, 11) is 0. The number of benzene rings is 3. The average molecular weight is 544 g/mol. The van der Waals surface area contributed by atoms with Gasteiger partial charge in [-0.1, -0.05) is 57.7 Å². The van der Waals surface area contributed by atoms with E-state index in [1.165, 1.54) is 11.6 Å². The van der Waals surface area contributed by atoms with Crippen LogP contribution in [0.15, 0.2) is 80.4 Å². The number of carbonyl (C=O) groups is 1. The van der Waals surface area contributed by atoms with Crippen LogP contribution in [0.1, 0.15) is 73.7 Å². The van der Waals surface area contributed by atoms with Crippen LogP contribution in [0.5, 0.6) is 0 Å². The Balaban J connectivity index is 0.00000134. The van der Waals surface area contributed by atoms with Gasteiger partial charge in [0.1, 0.15) is 12.4 Å². The molecule has 40 heavy (non-hydrogen) atoms. The molecule has 1 heterocycles. The van der Waals surface area contributed by atoms with Crippen LogP contribution in [0.3, 0.4) is 0 Å². The van der Waals surface area contributed by atoms with Gasteiger partial charge in [-0.2, -0.15) is 0 Å². The highest BCUT2D eigenvalue weighted by molar-refractivity contribution is 6.00. The Labute approximate surface area is 239 Å². The zero-order chi connectivity index (χ0) is 30.0. The number of aryl methyl sites for hydroxylation is 1. The molecule has 4 rings (SSSR count). The van der Waals surface area contributed by atoms with E-state index < -0.39 is 12.1 Å². The van der Waals surface area contributed by atoms with Crippen LogP contribution < -0.4 is 4.90 Å². The zero-order valence-corrected chi connectivity index (χ0v) is 24.7. The number of hydrogen-bond donors (Lipinski definition) is 1. The lowest BCUT2D eigenvalue weighted by molar-refractivity contribution is 0.0251. The summed E-state index contributed by atoms with van der Waals surface area (Å²) in [5.74, 6) is -0.766. The Kier molecular flexibility index (Phi) is 12.1.